The van der Waals surface area contributed by atoms with Crippen LogP contribution in [-0.2, 0) is 5.67 Å². The van der Waals surface area contributed by atoms with Crippen LogP contribution in [0.15, 0.2) is 97.1 Å². The van der Waals surface area contributed by atoms with Crippen molar-refractivity contribution < 1.29 is 62.2 Å². The van der Waals surface area contributed by atoms with Gasteiger partial charge in [-0.05, 0) is 49.2 Å². The molecule has 0 bridgehead atoms. The maximum absolute atomic E-state index is 16.8. The first-order valence-electron chi connectivity index (χ1n) is 15.7. The van der Waals surface area contributed by atoms with E-state index in [1.807, 2.05) is 0 Å². The van der Waals surface area contributed by atoms with Crippen molar-refractivity contribution in [3.63, 3.8) is 0 Å². The molecule has 6 nitrogen and oxygen atoms in total. The second-order valence-electron chi connectivity index (χ2n) is 11.8. The van der Waals surface area contributed by atoms with E-state index in [-0.39, 0.29) is 30.8 Å². The highest BCUT2D eigenvalue weighted by molar-refractivity contribution is 5.60. The molecule has 0 amide bonds. The average molecular weight is 769 g/mol. The van der Waals surface area contributed by atoms with E-state index >= 15 is 13.2 Å². The number of para-hydroxylation sites is 6. The van der Waals surface area contributed by atoms with Gasteiger partial charge in [0.05, 0.1) is 11.4 Å². The molecule has 6 N–H and O–H groups in total. The molecule has 0 aliphatic rings. The van der Waals surface area contributed by atoms with Gasteiger partial charge >= 0.3 is 24.7 Å². The summed E-state index contributed by atoms with van der Waals surface area (Å²) in [6.45, 7) is 0. The predicted octanol–water partition coefficient (Wildman–Crippen LogP) is 11.1. The van der Waals surface area contributed by atoms with E-state index in [2.05, 4.69) is 0 Å². The van der Waals surface area contributed by atoms with Crippen molar-refractivity contribution in [3.05, 3.63) is 108 Å². The van der Waals surface area contributed by atoms with Gasteiger partial charge in [0, 0.05) is 23.2 Å². The number of hydrogen-bond donors (Lipinski definition) is 4. The quantitative estimate of drug-likeness (QED) is 0.0547. The molecular weight excluding hydrogens is 736 g/mol. The Hall–Kier alpha value is -4.84. The fourth-order valence-corrected chi connectivity index (χ4v) is 5.49. The SMILES string of the molecule is NC(CCCCC(N)C(F)(c1ccccc1Oc1ccccc1NC(F)(F)F)C(F)(F)C(F)(F)F)c1ccccc1Oc1ccccc1NC(F)(F)F. The minimum atomic E-state index is -6.47. The first kappa shape index (κ1) is 40.9. The molecule has 0 heterocycles. The third-order valence-corrected chi connectivity index (χ3v) is 7.97. The van der Waals surface area contributed by atoms with Crippen LogP contribution < -0.4 is 31.6 Å². The number of nitrogens with one attached hydrogen (secondary N) is 2. The van der Waals surface area contributed by atoms with Crippen LogP contribution in [0.25, 0.3) is 0 Å². The number of nitrogens with two attached hydrogens (primary N) is 2. The number of hydrogen-bond acceptors (Lipinski definition) is 6. The summed E-state index contributed by atoms with van der Waals surface area (Å²) in [5, 5.41) is 2.52. The maximum Gasteiger partial charge on any atom is 0.482 e. The number of unbranched alkanes of at least 4 members (excludes halogenated alkanes) is 1. The summed E-state index contributed by atoms with van der Waals surface area (Å²) in [5.74, 6) is -7.85. The van der Waals surface area contributed by atoms with Gasteiger partial charge in [0.2, 0.25) is 5.67 Å². The van der Waals surface area contributed by atoms with E-state index in [4.69, 9.17) is 20.9 Å². The molecule has 3 unspecified atom stereocenters. The van der Waals surface area contributed by atoms with E-state index < -0.39 is 77.3 Å². The van der Waals surface area contributed by atoms with Gasteiger partial charge in [-0.15, -0.1) is 0 Å². The van der Waals surface area contributed by atoms with Crippen molar-refractivity contribution in [2.45, 2.75) is 68.1 Å². The first-order valence-corrected chi connectivity index (χ1v) is 15.7. The van der Waals surface area contributed by atoms with Crippen molar-refractivity contribution in [3.8, 4) is 23.0 Å². The zero-order valence-corrected chi connectivity index (χ0v) is 27.2. The largest absolute Gasteiger partial charge is 0.482 e. The lowest BCUT2D eigenvalue weighted by Crippen LogP contribution is -2.60. The second kappa shape index (κ2) is 16.0. The van der Waals surface area contributed by atoms with Gasteiger partial charge < -0.3 is 20.9 Å². The zero-order valence-electron chi connectivity index (χ0n) is 27.2. The Labute approximate surface area is 295 Å². The van der Waals surface area contributed by atoms with E-state index in [9.17, 15) is 39.5 Å². The van der Waals surface area contributed by atoms with Crippen LogP contribution in [0.1, 0.15) is 42.9 Å². The molecule has 0 radical (unpaired) electrons. The van der Waals surface area contributed by atoms with Gasteiger partial charge in [0.25, 0.3) is 0 Å². The summed E-state index contributed by atoms with van der Waals surface area (Å²) in [5.41, 5.74) is 5.28. The maximum atomic E-state index is 16.8. The number of anilines is 2. The topological polar surface area (TPSA) is 94.6 Å². The molecule has 0 aromatic heterocycles. The molecule has 288 valence electrons. The average Bonchev–Trinajstić information content (AvgIpc) is 3.06. The van der Waals surface area contributed by atoms with Gasteiger partial charge in [-0.25, -0.2) is 4.39 Å². The van der Waals surface area contributed by atoms with Crippen molar-refractivity contribution in [2.75, 3.05) is 10.6 Å². The molecule has 0 spiro atoms. The van der Waals surface area contributed by atoms with Gasteiger partial charge in [0.15, 0.2) is 11.5 Å². The molecule has 4 aromatic carbocycles. The summed E-state index contributed by atoms with van der Waals surface area (Å²) < 4.78 is 178. The van der Waals surface area contributed by atoms with E-state index in [1.165, 1.54) is 47.8 Å². The summed E-state index contributed by atoms with van der Waals surface area (Å²) >= 11 is 0. The molecule has 18 heteroatoms. The Bertz CT molecular complexity index is 1820. The zero-order chi connectivity index (χ0) is 39.2. The molecule has 0 saturated carbocycles. The van der Waals surface area contributed by atoms with Crippen LogP contribution in [0.3, 0.4) is 0 Å². The molecule has 0 aliphatic heterocycles. The summed E-state index contributed by atoms with van der Waals surface area (Å²) in [6, 6.07) is 15.4. The molecule has 0 fully saturated rings. The number of alkyl halides is 12. The normalized spacial score (nSPS) is 14.9. The number of ether oxygens (including phenoxy) is 2. The van der Waals surface area contributed by atoms with Crippen molar-refractivity contribution in [1.29, 1.82) is 0 Å². The minimum Gasteiger partial charge on any atom is -0.455 e. The van der Waals surface area contributed by atoms with Crippen molar-refractivity contribution >= 4 is 11.4 Å². The lowest BCUT2D eigenvalue weighted by atomic mass is 9.79. The van der Waals surface area contributed by atoms with Gasteiger partial charge in [-0.3, -0.25) is 10.6 Å². The number of benzene rings is 4. The summed E-state index contributed by atoms with van der Waals surface area (Å²) in [7, 11) is 0. The van der Waals surface area contributed by atoms with Crippen LogP contribution in [-0.4, -0.2) is 30.7 Å². The monoisotopic (exact) mass is 768 g/mol. The van der Waals surface area contributed by atoms with E-state index in [0.29, 0.717) is 11.6 Å². The minimum absolute atomic E-state index is 0.00226. The first-order chi connectivity index (χ1) is 24.6. The third-order valence-electron chi connectivity index (χ3n) is 7.97. The lowest BCUT2D eigenvalue weighted by molar-refractivity contribution is -0.335. The van der Waals surface area contributed by atoms with E-state index in [0.717, 1.165) is 47.8 Å². The van der Waals surface area contributed by atoms with E-state index in [1.54, 1.807) is 6.07 Å². The Balaban J connectivity index is 1.54. The Kier molecular flexibility index (Phi) is 12.4. The number of rotatable bonds is 15. The Morgan fingerprint density at radius 1 is 0.509 bits per heavy atom. The fourth-order valence-electron chi connectivity index (χ4n) is 5.49. The molecule has 4 aromatic rings. The van der Waals surface area contributed by atoms with Crippen LogP contribution in [0.5, 0.6) is 23.0 Å². The van der Waals surface area contributed by atoms with Crippen LogP contribution >= 0.6 is 0 Å². The van der Waals surface area contributed by atoms with Gasteiger partial charge in [-0.1, -0.05) is 73.5 Å². The third kappa shape index (κ3) is 9.98. The van der Waals surface area contributed by atoms with Crippen LogP contribution in [0, 0.1) is 0 Å². The predicted molar refractivity (Wildman–Crippen MR) is 172 cm³/mol. The second-order valence-corrected chi connectivity index (χ2v) is 11.8. The highest BCUT2D eigenvalue weighted by Crippen LogP contribution is 2.55. The van der Waals surface area contributed by atoms with Crippen molar-refractivity contribution in [2.24, 2.45) is 11.5 Å². The highest BCUT2D eigenvalue weighted by atomic mass is 19.4. The standard InChI is InChI=1S/C35H32F12N4O2/c36-31(32(37,38)33(39,40)41,22-12-2-7-17-27(22)53-29-19-9-5-15-25(29)51-35(45,46)47)30(49)20-10-3-13-23(48)21-11-1-6-16-26(21)52-28-18-8-4-14-24(28)50-34(42,43)44/h1-2,4-9,11-12,14-19,23,30,50-51H,3,10,13,20,48-49H2. The van der Waals surface area contributed by atoms with Crippen LogP contribution in [0.4, 0.5) is 64.1 Å². The highest BCUT2D eigenvalue weighted by Gasteiger charge is 2.74. The van der Waals surface area contributed by atoms with Gasteiger partial charge in [0.1, 0.15) is 11.5 Å². The molecule has 3 atom stereocenters. The lowest BCUT2D eigenvalue weighted by Gasteiger charge is -2.39. The summed E-state index contributed by atoms with van der Waals surface area (Å²) in [6.07, 6.45) is -17.2. The van der Waals surface area contributed by atoms with Gasteiger partial charge in [-0.2, -0.15) is 48.3 Å². The molecular formula is C35H32F12N4O2. The fraction of sp³-hybridized carbons (Fsp3) is 0.314. The molecule has 0 saturated heterocycles. The molecule has 0 aliphatic carbocycles. The molecule has 53 heavy (non-hydrogen) atoms. The smallest absolute Gasteiger partial charge is 0.455 e. The summed E-state index contributed by atoms with van der Waals surface area (Å²) in [4.78, 5) is 0. The number of halogens is 12. The molecule has 4 rings (SSSR count). The Morgan fingerprint density at radius 3 is 1.43 bits per heavy atom. The van der Waals surface area contributed by atoms with Crippen molar-refractivity contribution in [1.82, 2.24) is 0 Å². The van der Waals surface area contributed by atoms with Crippen LogP contribution in [0.2, 0.25) is 0 Å². The Morgan fingerprint density at radius 2 is 0.925 bits per heavy atom.